The van der Waals surface area contributed by atoms with Crippen LogP contribution in [0, 0.1) is 6.07 Å². The minimum Gasteiger partial charge on any atom is -0.367 e. The van der Waals surface area contributed by atoms with Gasteiger partial charge in [0.25, 0.3) is 0 Å². The van der Waals surface area contributed by atoms with Crippen molar-refractivity contribution in [1.29, 1.82) is 0 Å². The zero-order valence-corrected chi connectivity index (χ0v) is 20.2. The Morgan fingerprint density at radius 1 is 0.613 bits per heavy atom. The van der Waals surface area contributed by atoms with Gasteiger partial charge < -0.3 is 4.57 Å². The molecular weight excluding hydrogens is 451 g/mol. The van der Waals surface area contributed by atoms with Crippen LogP contribution in [-0.2, 0) is 39.8 Å². The quantitative estimate of drug-likeness (QED) is 0.229. The van der Waals surface area contributed by atoms with Gasteiger partial charge in [0.2, 0.25) is 0 Å². The van der Waals surface area contributed by atoms with Gasteiger partial charge >= 0.3 is 0 Å². The molecule has 6 rings (SSSR count). The van der Waals surface area contributed by atoms with Crippen molar-refractivity contribution in [1.82, 2.24) is 4.57 Å². The Balaban J connectivity index is 0.00000204. The molecule has 5 aromatic carbocycles. The fraction of sp³-hybridized carbons (Fsp3) is 0.0345. The van der Waals surface area contributed by atoms with Gasteiger partial charge in [-0.25, -0.2) is 0 Å². The number of nitrogens with zero attached hydrogens (tertiary/aromatic N) is 1. The number of rotatable bonds is 2. The summed E-state index contributed by atoms with van der Waals surface area (Å²) in [5.41, 5.74) is 7.52. The summed E-state index contributed by atoms with van der Waals surface area (Å²) in [6, 6.07) is 40.1. The van der Waals surface area contributed by atoms with Gasteiger partial charge in [0, 0.05) is 50.7 Å². The molecule has 0 atom stereocenters. The van der Waals surface area contributed by atoms with E-state index in [2.05, 4.69) is 115 Å². The molecule has 6 aromatic rings. The summed E-state index contributed by atoms with van der Waals surface area (Å²) in [5.74, 6) is 0. The van der Waals surface area contributed by atoms with E-state index in [0.717, 1.165) is 0 Å². The standard InChI is InChI=1S/C29H20N.Y/c1-30-28-14-8-7-12-24(28)27-19-26(23-11-5-6-13-25(23)29(27)30)22-17-15-21(16-18-22)20-9-3-2-4-10-20;/h2-6,8-19H,1H3;/q-1;. The molecule has 1 nitrogen and oxygen atoms in total. The van der Waals surface area contributed by atoms with Crippen LogP contribution in [0.1, 0.15) is 0 Å². The minimum absolute atomic E-state index is 0. The number of hydrogen-bond donors (Lipinski definition) is 0. The third-order valence-electron chi connectivity index (χ3n) is 6.15. The van der Waals surface area contributed by atoms with E-state index >= 15 is 0 Å². The van der Waals surface area contributed by atoms with Gasteiger partial charge in [0.15, 0.2) is 0 Å². The van der Waals surface area contributed by atoms with Crippen molar-refractivity contribution >= 4 is 32.6 Å². The molecule has 1 radical (unpaired) electrons. The number of benzene rings is 5. The van der Waals surface area contributed by atoms with E-state index in [1.165, 1.54) is 54.8 Å². The second-order valence-corrected chi connectivity index (χ2v) is 7.81. The Kier molecular flexibility index (Phi) is 5.26. The molecule has 0 unspecified atom stereocenters. The molecule has 31 heavy (non-hydrogen) atoms. The van der Waals surface area contributed by atoms with Crippen molar-refractivity contribution in [2.24, 2.45) is 7.05 Å². The second-order valence-electron chi connectivity index (χ2n) is 7.81. The molecule has 2 heteroatoms. The smallest absolute Gasteiger partial charge is 0.0426 e. The third-order valence-corrected chi connectivity index (χ3v) is 6.15. The van der Waals surface area contributed by atoms with E-state index in [1.54, 1.807) is 0 Å². The van der Waals surface area contributed by atoms with Gasteiger partial charge in [-0.15, -0.1) is 11.5 Å². The Bertz CT molecular complexity index is 1530. The van der Waals surface area contributed by atoms with Gasteiger partial charge in [0.05, 0.1) is 0 Å². The molecule has 145 valence electrons. The molecule has 0 spiro atoms. The molecule has 0 amide bonds. The SMILES string of the molecule is Cn1c2cc[c-]cc2c2cc(-c3ccc(-c4ccccc4)cc3)c3ccccc3c21.[Y]. The zero-order chi connectivity index (χ0) is 20.1. The van der Waals surface area contributed by atoms with Crippen LogP contribution >= 0.6 is 0 Å². The number of fused-ring (bicyclic) bond motifs is 5. The fourth-order valence-electron chi connectivity index (χ4n) is 4.69. The summed E-state index contributed by atoms with van der Waals surface area (Å²) < 4.78 is 2.31. The first-order valence-corrected chi connectivity index (χ1v) is 10.3. The molecule has 0 bridgehead atoms. The van der Waals surface area contributed by atoms with E-state index in [4.69, 9.17) is 0 Å². The predicted octanol–water partition coefficient (Wildman–Crippen LogP) is 7.62. The average Bonchev–Trinajstić information content (AvgIpc) is 3.12. The Labute approximate surface area is 207 Å². The first-order valence-electron chi connectivity index (χ1n) is 10.3. The zero-order valence-electron chi connectivity index (χ0n) is 17.3. The Morgan fingerprint density at radius 2 is 1.26 bits per heavy atom. The third kappa shape index (κ3) is 3.24. The second kappa shape index (κ2) is 8.07. The van der Waals surface area contributed by atoms with E-state index < -0.39 is 0 Å². The molecular formula is C29H20NY-. The predicted molar refractivity (Wildman–Crippen MR) is 128 cm³/mol. The molecule has 1 aromatic heterocycles. The van der Waals surface area contributed by atoms with Gasteiger partial charge in [-0.05, 0) is 33.0 Å². The topological polar surface area (TPSA) is 4.93 Å². The van der Waals surface area contributed by atoms with Gasteiger partial charge in [0.1, 0.15) is 0 Å². The molecule has 0 N–H and O–H groups in total. The van der Waals surface area contributed by atoms with Crippen molar-refractivity contribution in [3.8, 4) is 22.3 Å². The monoisotopic (exact) mass is 471 g/mol. The van der Waals surface area contributed by atoms with Crippen LogP contribution in [0.4, 0.5) is 0 Å². The Morgan fingerprint density at radius 3 is 2.03 bits per heavy atom. The van der Waals surface area contributed by atoms with Crippen LogP contribution in [0.25, 0.3) is 54.8 Å². The number of aromatic nitrogens is 1. The number of aryl methyl sites for hydroxylation is 1. The summed E-state index contributed by atoms with van der Waals surface area (Å²) in [5, 5.41) is 5.11. The molecule has 0 aliphatic heterocycles. The van der Waals surface area contributed by atoms with E-state index in [9.17, 15) is 0 Å². The van der Waals surface area contributed by atoms with Crippen molar-refractivity contribution in [3.05, 3.63) is 109 Å². The molecule has 1 heterocycles. The molecule has 0 saturated carbocycles. The average molecular weight is 471 g/mol. The largest absolute Gasteiger partial charge is 0.367 e. The first kappa shape index (κ1) is 20.2. The minimum atomic E-state index is 0. The maximum atomic E-state index is 3.26. The Hall–Kier alpha value is -2.74. The summed E-state index contributed by atoms with van der Waals surface area (Å²) in [4.78, 5) is 0. The molecule has 0 fully saturated rings. The fourth-order valence-corrected chi connectivity index (χ4v) is 4.69. The van der Waals surface area contributed by atoms with Gasteiger partial charge in [-0.3, -0.25) is 0 Å². The van der Waals surface area contributed by atoms with Crippen molar-refractivity contribution in [2.45, 2.75) is 0 Å². The molecule has 0 aliphatic carbocycles. The normalized spacial score (nSPS) is 11.1. The van der Waals surface area contributed by atoms with Gasteiger partial charge in [-0.1, -0.05) is 90.4 Å². The van der Waals surface area contributed by atoms with Gasteiger partial charge in [-0.2, -0.15) is 18.2 Å². The van der Waals surface area contributed by atoms with Crippen LogP contribution in [-0.4, -0.2) is 4.57 Å². The van der Waals surface area contributed by atoms with Crippen LogP contribution in [0.5, 0.6) is 0 Å². The number of hydrogen-bond acceptors (Lipinski definition) is 0. The first-order chi connectivity index (χ1) is 14.8. The van der Waals surface area contributed by atoms with Crippen molar-refractivity contribution in [2.75, 3.05) is 0 Å². The maximum absolute atomic E-state index is 3.26. The van der Waals surface area contributed by atoms with Crippen molar-refractivity contribution < 1.29 is 32.7 Å². The van der Waals surface area contributed by atoms with E-state index in [-0.39, 0.29) is 32.7 Å². The summed E-state index contributed by atoms with van der Waals surface area (Å²) >= 11 is 0. The van der Waals surface area contributed by atoms with Crippen LogP contribution < -0.4 is 0 Å². The summed E-state index contributed by atoms with van der Waals surface area (Å²) in [6.45, 7) is 0. The van der Waals surface area contributed by atoms with Crippen LogP contribution in [0.15, 0.2) is 103 Å². The van der Waals surface area contributed by atoms with Crippen molar-refractivity contribution in [3.63, 3.8) is 0 Å². The summed E-state index contributed by atoms with van der Waals surface area (Å²) in [7, 11) is 2.16. The maximum Gasteiger partial charge on any atom is 0.0426 e. The van der Waals surface area contributed by atoms with E-state index in [1.807, 2.05) is 6.07 Å². The van der Waals surface area contributed by atoms with Crippen LogP contribution in [0.3, 0.4) is 0 Å². The molecule has 0 aliphatic rings. The molecule has 0 saturated heterocycles. The van der Waals surface area contributed by atoms with Crippen LogP contribution in [0.2, 0.25) is 0 Å². The van der Waals surface area contributed by atoms with E-state index in [0.29, 0.717) is 0 Å². The summed E-state index contributed by atoms with van der Waals surface area (Å²) in [6.07, 6.45) is 0.